The van der Waals surface area contributed by atoms with Crippen LogP contribution < -0.4 is 15.1 Å². The summed E-state index contributed by atoms with van der Waals surface area (Å²) in [5.74, 6) is 0.553. The van der Waals surface area contributed by atoms with Crippen molar-refractivity contribution >= 4 is 40.5 Å². The minimum absolute atomic E-state index is 0.326. The van der Waals surface area contributed by atoms with Crippen LogP contribution >= 0.6 is 11.8 Å². The van der Waals surface area contributed by atoms with Gasteiger partial charge in [0.05, 0.1) is 4.91 Å². The molecule has 1 aromatic heterocycles. The van der Waals surface area contributed by atoms with Gasteiger partial charge in [-0.25, -0.2) is 4.98 Å². The zero-order valence-electron chi connectivity index (χ0n) is 15.0. The van der Waals surface area contributed by atoms with Crippen molar-refractivity contribution in [3.05, 3.63) is 58.6 Å². The fourth-order valence-electron chi connectivity index (χ4n) is 3.22. The average Bonchev–Trinajstić information content (AvgIpc) is 3.00. The third-order valence-corrected chi connectivity index (χ3v) is 5.52. The highest BCUT2D eigenvalue weighted by atomic mass is 32.2. The Bertz CT molecular complexity index is 902. The van der Waals surface area contributed by atoms with Gasteiger partial charge in [-0.2, -0.15) is 0 Å². The molecule has 2 saturated heterocycles. The number of nitrogens with zero attached hydrogens (tertiary/aromatic N) is 3. The topological polar surface area (TPSA) is 65.5 Å². The number of carbonyl (C=O) groups is 2. The maximum atomic E-state index is 11.7. The number of nitrogens with one attached hydrogen (secondary N) is 1. The molecule has 27 heavy (non-hydrogen) atoms. The summed E-state index contributed by atoms with van der Waals surface area (Å²) in [5.41, 5.74) is 3.39. The van der Waals surface area contributed by atoms with E-state index in [1.54, 1.807) is 12.3 Å². The van der Waals surface area contributed by atoms with Crippen LogP contribution in [-0.2, 0) is 4.79 Å². The molecule has 2 aliphatic heterocycles. The first-order valence-electron chi connectivity index (χ1n) is 8.86. The van der Waals surface area contributed by atoms with Gasteiger partial charge >= 0.3 is 0 Å². The van der Waals surface area contributed by atoms with Gasteiger partial charge in [-0.05, 0) is 54.6 Å². The molecule has 4 rings (SSSR count). The van der Waals surface area contributed by atoms with E-state index in [1.165, 1.54) is 11.3 Å². The van der Waals surface area contributed by atoms with Gasteiger partial charge in [0.1, 0.15) is 5.82 Å². The number of pyridine rings is 1. The maximum absolute atomic E-state index is 11.7. The summed E-state index contributed by atoms with van der Waals surface area (Å²) < 4.78 is 0. The number of benzene rings is 1. The Balaban J connectivity index is 1.44. The third-order valence-electron chi connectivity index (χ3n) is 4.71. The van der Waals surface area contributed by atoms with Crippen LogP contribution in [0, 0.1) is 6.92 Å². The summed E-state index contributed by atoms with van der Waals surface area (Å²) in [6, 6.07) is 12.4. The van der Waals surface area contributed by atoms with E-state index in [0.29, 0.717) is 4.91 Å². The van der Waals surface area contributed by atoms with Gasteiger partial charge < -0.3 is 9.80 Å². The predicted molar refractivity (Wildman–Crippen MR) is 109 cm³/mol. The zero-order chi connectivity index (χ0) is 18.8. The lowest BCUT2D eigenvalue weighted by Gasteiger charge is -2.36. The van der Waals surface area contributed by atoms with Crippen LogP contribution in [-0.4, -0.2) is 42.3 Å². The van der Waals surface area contributed by atoms with Gasteiger partial charge in [-0.3, -0.25) is 14.9 Å². The molecule has 0 radical (unpaired) electrons. The quantitative estimate of drug-likeness (QED) is 0.826. The fourth-order valence-corrected chi connectivity index (χ4v) is 3.90. The molecule has 2 fully saturated rings. The highest BCUT2D eigenvalue weighted by Crippen LogP contribution is 2.26. The van der Waals surface area contributed by atoms with E-state index in [0.717, 1.165) is 49.3 Å². The number of thioether (sulfide) groups is 1. The number of aromatic nitrogens is 1. The molecule has 2 amide bonds. The van der Waals surface area contributed by atoms with Crippen molar-refractivity contribution in [3.8, 4) is 0 Å². The zero-order valence-corrected chi connectivity index (χ0v) is 15.8. The van der Waals surface area contributed by atoms with Crippen LogP contribution in [0.5, 0.6) is 0 Å². The number of amides is 2. The summed E-state index contributed by atoms with van der Waals surface area (Å²) in [6.07, 6.45) is 3.48. The van der Waals surface area contributed by atoms with Crippen molar-refractivity contribution in [2.45, 2.75) is 6.92 Å². The molecule has 0 aliphatic carbocycles. The number of anilines is 2. The number of rotatable bonds is 3. The highest BCUT2D eigenvalue weighted by Gasteiger charge is 2.25. The lowest BCUT2D eigenvalue weighted by molar-refractivity contribution is -0.115. The smallest absolute Gasteiger partial charge is 0.290 e. The van der Waals surface area contributed by atoms with Crippen molar-refractivity contribution in [2.24, 2.45) is 0 Å². The maximum Gasteiger partial charge on any atom is 0.290 e. The van der Waals surface area contributed by atoms with E-state index in [9.17, 15) is 9.59 Å². The van der Waals surface area contributed by atoms with Crippen LogP contribution in [0.4, 0.5) is 16.3 Å². The molecule has 7 heteroatoms. The molecule has 138 valence electrons. The first-order valence-corrected chi connectivity index (χ1v) is 9.67. The summed E-state index contributed by atoms with van der Waals surface area (Å²) in [5, 5.41) is 1.95. The fraction of sp³-hybridized carbons (Fsp3) is 0.250. The predicted octanol–water partition coefficient (Wildman–Crippen LogP) is 3.04. The molecule has 2 aliphatic rings. The van der Waals surface area contributed by atoms with E-state index in [2.05, 4.69) is 51.3 Å². The Hall–Kier alpha value is -2.80. The molecule has 0 unspecified atom stereocenters. The minimum Gasteiger partial charge on any atom is -0.368 e. The van der Waals surface area contributed by atoms with Gasteiger partial charge in [-0.15, -0.1) is 0 Å². The molecule has 2 aromatic rings. The second-order valence-corrected chi connectivity index (χ2v) is 7.62. The number of hydrogen-bond acceptors (Lipinski definition) is 6. The van der Waals surface area contributed by atoms with Crippen molar-refractivity contribution < 1.29 is 9.59 Å². The second-order valence-electron chi connectivity index (χ2n) is 6.61. The van der Waals surface area contributed by atoms with Gasteiger partial charge in [-0.1, -0.05) is 17.7 Å². The number of imide groups is 1. The summed E-state index contributed by atoms with van der Waals surface area (Å²) in [7, 11) is 0. The molecule has 0 atom stereocenters. The molecule has 6 nitrogen and oxygen atoms in total. The van der Waals surface area contributed by atoms with Crippen LogP contribution in [0.2, 0.25) is 0 Å². The largest absolute Gasteiger partial charge is 0.368 e. The number of carbonyl (C=O) groups excluding carboxylic acids is 2. The Morgan fingerprint density at radius 1 is 1.04 bits per heavy atom. The van der Waals surface area contributed by atoms with E-state index >= 15 is 0 Å². The molecule has 0 spiro atoms. The Morgan fingerprint density at radius 2 is 1.74 bits per heavy atom. The van der Waals surface area contributed by atoms with Gasteiger partial charge in [0, 0.05) is 38.1 Å². The van der Waals surface area contributed by atoms with Crippen molar-refractivity contribution in [1.82, 2.24) is 10.3 Å². The summed E-state index contributed by atoms with van der Waals surface area (Å²) in [4.78, 5) is 32.5. The lowest BCUT2D eigenvalue weighted by atomic mass is 10.2. The first kappa shape index (κ1) is 17.6. The van der Waals surface area contributed by atoms with E-state index in [4.69, 9.17) is 0 Å². The second kappa shape index (κ2) is 7.44. The Kier molecular flexibility index (Phi) is 4.85. The van der Waals surface area contributed by atoms with Crippen LogP contribution in [0.15, 0.2) is 47.5 Å². The molecule has 3 heterocycles. The third kappa shape index (κ3) is 3.98. The Labute approximate surface area is 162 Å². The number of piperazine rings is 1. The van der Waals surface area contributed by atoms with E-state index in [-0.39, 0.29) is 11.1 Å². The molecule has 0 saturated carbocycles. The van der Waals surface area contributed by atoms with Crippen LogP contribution in [0.1, 0.15) is 11.1 Å². The number of hydrogen-bond donors (Lipinski definition) is 1. The highest BCUT2D eigenvalue weighted by molar-refractivity contribution is 8.18. The van der Waals surface area contributed by atoms with Gasteiger partial charge in [0.2, 0.25) is 0 Å². The summed E-state index contributed by atoms with van der Waals surface area (Å²) >= 11 is 0.930. The first-order chi connectivity index (χ1) is 13.1. The standard InChI is InChI=1S/C20H20N4O2S/c1-14-2-4-16(5-3-14)23-8-10-24(11-9-23)18-13-15(6-7-21-18)12-17-19(25)22-20(26)27-17/h2-7,12-13H,8-11H2,1H3,(H,22,25,26)/b17-12-. The summed E-state index contributed by atoms with van der Waals surface area (Å²) in [6.45, 7) is 5.73. The Morgan fingerprint density at radius 3 is 2.41 bits per heavy atom. The molecule has 1 N–H and O–H groups in total. The van der Waals surface area contributed by atoms with E-state index in [1.807, 2.05) is 12.1 Å². The molecular weight excluding hydrogens is 360 g/mol. The monoisotopic (exact) mass is 380 g/mol. The lowest BCUT2D eigenvalue weighted by Crippen LogP contribution is -2.46. The molecule has 0 bridgehead atoms. The SMILES string of the molecule is Cc1ccc(N2CCN(c3cc(/C=C4\SC(=O)NC4=O)ccn3)CC2)cc1. The van der Waals surface area contributed by atoms with E-state index < -0.39 is 0 Å². The van der Waals surface area contributed by atoms with Crippen molar-refractivity contribution in [2.75, 3.05) is 36.0 Å². The van der Waals surface area contributed by atoms with Crippen molar-refractivity contribution in [1.29, 1.82) is 0 Å². The molecular formula is C20H20N4O2S. The molecule has 1 aromatic carbocycles. The van der Waals surface area contributed by atoms with Crippen LogP contribution in [0.25, 0.3) is 6.08 Å². The van der Waals surface area contributed by atoms with Gasteiger partial charge in [0.25, 0.3) is 11.1 Å². The normalized spacial score (nSPS) is 18.9. The van der Waals surface area contributed by atoms with Crippen molar-refractivity contribution in [3.63, 3.8) is 0 Å². The number of aryl methyl sites for hydroxylation is 1. The average molecular weight is 380 g/mol. The van der Waals surface area contributed by atoms with Gasteiger partial charge in [0.15, 0.2) is 0 Å². The van der Waals surface area contributed by atoms with Crippen LogP contribution in [0.3, 0.4) is 0 Å². The minimum atomic E-state index is -0.338.